The van der Waals surface area contributed by atoms with E-state index in [0.717, 1.165) is 0 Å². The zero-order valence-electron chi connectivity index (χ0n) is 5.13. The molecule has 0 heterocycles. The lowest BCUT2D eigenvalue weighted by molar-refractivity contribution is -0.229. The first kappa shape index (κ1) is 7.91. The Labute approximate surface area is 53.2 Å². The van der Waals surface area contributed by atoms with Crippen molar-refractivity contribution >= 4 is 5.97 Å². The van der Waals surface area contributed by atoms with Gasteiger partial charge in [-0.2, -0.15) is 5.26 Å². The zero-order valence-corrected chi connectivity index (χ0v) is 5.13. The summed E-state index contributed by atoms with van der Waals surface area (Å²) in [7, 11) is 0. The van der Waals surface area contributed by atoms with E-state index < -0.39 is 5.97 Å². The van der Waals surface area contributed by atoms with Gasteiger partial charge in [-0.1, -0.05) is 18.7 Å². The van der Waals surface area contributed by atoms with Crippen LogP contribution in [0.2, 0.25) is 0 Å². The first-order chi connectivity index (χ1) is 4.22. The maximum absolute atomic E-state index is 10.3. The summed E-state index contributed by atoms with van der Waals surface area (Å²) in [4.78, 5) is 13.7. The number of carbonyl (C=O) groups is 1. The van der Waals surface area contributed by atoms with E-state index in [0.29, 0.717) is 5.57 Å². The Morgan fingerprint density at radius 3 is 2.67 bits per heavy atom. The molecule has 0 aliphatic rings. The maximum atomic E-state index is 10.3. The summed E-state index contributed by atoms with van der Waals surface area (Å²) in [5.41, 5.74) is 0.313. The molecule has 0 saturated carbocycles. The molecule has 9 heavy (non-hydrogen) atoms. The Morgan fingerprint density at radius 2 is 2.33 bits per heavy atom. The minimum atomic E-state index is -0.755. The lowest BCUT2D eigenvalue weighted by Crippen LogP contribution is -2.00. The molecule has 0 amide bonds. The van der Waals surface area contributed by atoms with Crippen molar-refractivity contribution in [2.75, 3.05) is 0 Å². The van der Waals surface area contributed by atoms with Crippen molar-refractivity contribution in [3.8, 4) is 0 Å². The monoisotopic (exact) mass is 128 g/mol. The van der Waals surface area contributed by atoms with Crippen molar-refractivity contribution in [2.24, 2.45) is 0 Å². The minimum Gasteiger partial charge on any atom is -0.296 e. The van der Waals surface area contributed by atoms with Crippen LogP contribution >= 0.6 is 0 Å². The van der Waals surface area contributed by atoms with E-state index in [4.69, 9.17) is 5.26 Å². The van der Waals surface area contributed by atoms with Crippen molar-refractivity contribution in [1.29, 1.82) is 0 Å². The van der Waals surface area contributed by atoms with Crippen molar-refractivity contribution in [3.63, 3.8) is 0 Å². The van der Waals surface area contributed by atoms with Crippen LogP contribution in [0.1, 0.15) is 6.92 Å². The fourth-order valence-corrected chi connectivity index (χ4v) is 0.317. The normalized spacial score (nSPS) is 10.7. The van der Waals surface area contributed by atoms with Gasteiger partial charge in [-0.15, -0.1) is 0 Å². The summed E-state index contributed by atoms with van der Waals surface area (Å²) in [5.74, 6) is -0.755. The smallest absolute Gasteiger partial charge is 0.296 e. The quantitative estimate of drug-likeness (QED) is 0.262. The summed E-state index contributed by atoms with van der Waals surface area (Å²) in [6.45, 7) is 4.87. The highest BCUT2D eigenvalue weighted by atomic mass is 17.1. The molecule has 0 aliphatic carbocycles. The third-order valence-electron chi connectivity index (χ3n) is 0.773. The Balaban J connectivity index is 4.01. The van der Waals surface area contributed by atoms with Gasteiger partial charge in [-0.3, -0.25) is 4.89 Å². The van der Waals surface area contributed by atoms with Crippen LogP contribution in [-0.2, 0) is 9.68 Å². The number of allylic oxidation sites excluding steroid dienone is 2. The molecule has 0 fully saturated rings. The Bertz CT molecular complexity index is 146. The lowest BCUT2D eigenvalue weighted by atomic mass is 10.3. The molecule has 0 aromatic heterocycles. The van der Waals surface area contributed by atoms with E-state index in [1.54, 1.807) is 0 Å². The van der Waals surface area contributed by atoms with E-state index >= 15 is 0 Å². The predicted molar refractivity (Wildman–Crippen MR) is 32.7 cm³/mol. The SMILES string of the molecule is C=CC=C(C)C(=O)OO. The summed E-state index contributed by atoms with van der Waals surface area (Å²) in [6, 6.07) is 0. The number of rotatable bonds is 2. The summed E-state index contributed by atoms with van der Waals surface area (Å²) >= 11 is 0. The van der Waals surface area contributed by atoms with Gasteiger partial charge in [0.1, 0.15) is 0 Å². The fourth-order valence-electron chi connectivity index (χ4n) is 0.317. The van der Waals surface area contributed by atoms with Crippen molar-refractivity contribution in [3.05, 3.63) is 24.3 Å². The highest BCUT2D eigenvalue weighted by Gasteiger charge is 2.01. The third-order valence-corrected chi connectivity index (χ3v) is 0.773. The second kappa shape index (κ2) is 3.86. The van der Waals surface area contributed by atoms with Crippen LogP contribution in [0, 0.1) is 0 Å². The standard InChI is InChI=1S/C6H8O3/c1-3-4-5(2)6(7)9-8/h3-4,8H,1H2,2H3. The van der Waals surface area contributed by atoms with Gasteiger partial charge in [0.25, 0.3) is 0 Å². The molecule has 0 aromatic rings. The summed E-state index contributed by atoms with van der Waals surface area (Å²) in [5, 5.41) is 7.81. The van der Waals surface area contributed by atoms with Gasteiger partial charge in [0.2, 0.25) is 0 Å². The molecule has 0 bridgehead atoms. The largest absolute Gasteiger partial charge is 0.368 e. The van der Waals surface area contributed by atoms with Crippen LogP contribution in [0.4, 0.5) is 0 Å². The molecular formula is C6H8O3. The minimum absolute atomic E-state index is 0.313. The molecule has 3 nitrogen and oxygen atoms in total. The highest BCUT2D eigenvalue weighted by Crippen LogP contribution is 1.93. The van der Waals surface area contributed by atoms with Gasteiger partial charge >= 0.3 is 5.97 Å². The van der Waals surface area contributed by atoms with Gasteiger partial charge in [0.05, 0.1) is 0 Å². The molecule has 3 heteroatoms. The fraction of sp³-hybridized carbons (Fsp3) is 0.167. The van der Waals surface area contributed by atoms with Crippen molar-refractivity contribution in [2.45, 2.75) is 6.92 Å². The van der Waals surface area contributed by atoms with Gasteiger partial charge in [0, 0.05) is 5.57 Å². The zero-order chi connectivity index (χ0) is 7.28. The van der Waals surface area contributed by atoms with Crippen LogP contribution in [-0.4, -0.2) is 11.2 Å². The molecule has 50 valence electrons. The molecule has 0 radical (unpaired) electrons. The van der Waals surface area contributed by atoms with E-state index in [1.165, 1.54) is 19.1 Å². The predicted octanol–water partition coefficient (Wildman–Crippen LogP) is 1.13. The summed E-state index contributed by atoms with van der Waals surface area (Å²) < 4.78 is 0. The molecule has 0 rings (SSSR count). The topological polar surface area (TPSA) is 46.5 Å². The lowest BCUT2D eigenvalue weighted by Gasteiger charge is -1.91. The van der Waals surface area contributed by atoms with E-state index in [9.17, 15) is 4.79 Å². The maximum Gasteiger partial charge on any atom is 0.368 e. The van der Waals surface area contributed by atoms with E-state index in [-0.39, 0.29) is 0 Å². The van der Waals surface area contributed by atoms with Gasteiger partial charge in [-0.05, 0) is 6.92 Å². The molecule has 0 atom stereocenters. The number of carbonyl (C=O) groups excluding carboxylic acids is 1. The Hall–Kier alpha value is -1.09. The second-order valence-corrected chi connectivity index (χ2v) is 1.46. The van der Waals surface area contributed by atoms with Crippen molar-refractivity contribution in [1.82, 2.24) is 0 Å². The average Bonchev–Trinajstić information content (AvgIpc) is 1.87. The molecule has 0 aromatic carbocycles. The Kier molecular flexibility index (Phi) is 3.39. The highest BCUT2D eigenvalue weighted by molar-refractivity contribution is 5.87. The van der Waals surface area contributed by atoms with Crippen LogP contribution in [0.25, 0.3) is 0 Å². The first-order valence-electron chi connectivity index (χ1n) is 2.37. The molecule has 0 saturated heterocycles. The van der Waals surface area contributed by atoms with Crippen LogP contribution in [0.3, 0.4) is 0 Å². The Morgan fingerprint density at radius 1 is 1.78 bits per heavy atom. The molecular weight excluding hydrogens is 120 g/mol. The summed E-state index contributed by atoms with van der Waals surface area (Å²) in [6.07, 6.45) is 2.88. The number of hydrogen-bond acceptors (Lipinski definition) is 3. The van der Waals surface area contributed by atoms with Gasteiger partial charge in [-0.25, -0.2) is 4.79 Å². The van der Waals surface area contributed by atoms with Crippen LogP contribution in [0.5, 0.6) is 0 Å². The van der Waals surface area contributed by atoms with Gasteiger partial charge in [0.15, 0.2) is 0 Å². The molecule has 0 spiro atoms. The van der Waals surface area contributed by atoms with Gasteiger partial charge < -0.3 is 0 Å². The third kappa shape index (κ3) is 2.66. The first-order valence-corrected chi connectivity index (χ1v) is 2.37. The molecule has 0 aliphatic heterocycles. The van der Waals surface area contributed by atoms with E-state index in [2.05, 4.69) is 11.5 Å². The van der Waals surface area contributed by atoms with Crippen molar-refractivity contribution < 1.29 is 14.9 Å². The average molecular weight is 128 g/mol. The van der Waals surface area contributed by atoms with Crippen LogP contribution < -0.4 is 0 Å². The van der Waals surface area contributed by atoms with E-state index in [1.807, 2.05) is 0 Å². The molecule has 0 unspecified atom stereocenters. The number of hydrogen-bond donors (Lipinski definition) is 1. The molecule has 1 N–H and O–H groups in total. The van der Waals surface area contributed by atoms with Crippen LogP contribution in [0.15, 0.2) is 24.3 Å². The second-order valence-electron chi connectivity index (χ2n) is 1.46.